The first-order valence-corrected chi connectivity index (χ1v) is 9.30. The molecule has 2 aliphatic heterocycles. The number of thioether (sulfide) groups is 1. The quantitative estimate of drug-likeness (QED) is 0.592. The lowest BCUT2D eigenvalue weighted by molar-refractivity contribution is 0.0701. The Balaban J connectivity index is 1.68. The number of carbonyl (C=O) groups excluding carboxylic acids is 1. The number of amides is 1. The van der Waals surface area contributed by atoms with Crippen LogP contribution in [0, 0.1) is 0 Å². The van der Waals surface area contributed by atoms with Gasteiger partial charge in [-0.25, -0.2) is 0 Å². The zero-order valence-corrected chi connectivity index (χ0v) is 14.9. The molecule has 1 N–H and O–H groups in total. The second-order valence-corrected chi connectivity index (χ2v) is 8.02. The van der Waals surface area contributed by atoms with Crippen molar-refractivity contribution in [3.05, 3.63) is 57.8 Å². The zero-order valence-electron chi connectivity index (χ0n) is 12.5. The van der Waals surface area contributed by atoms with Crippen molar-refractivity contribution in [3.63, 3.8) is 0 Å². The van der Waals surface area contributed by atoms with Gasteiger partial charge in [0.2, 0.25) is 0 Å². The average molecular weight is 402 g/mol. The molecular formula is C18H12BrNO3S. The van der Waals surface area contributed by atoms with Crippen molar-refractivity contribution in [1.29, 1.82) is 0 Å². The van der Waals surface area contributed by atoms with E-state index in [0.717, 1.165) is 43.6 Å². The van der Waals surface area contributed by atoms with Gasteiger partial charge in [-0.1, -0.05) is 27.7 Å². The van der Waals surface area contributed by atoms with Gasteiger partial charge in [0.1, 0.15) is 22.5 Å². The molecule has 0 saturated heterocycles. The monoisotopic (exact) mass is 401 g/mol. The molecule has 1 unspecified atom stereocenters. The molecule has 24 heavy (non-hydrogen) atoms. The van der Waals surface area contributed by atoms with E-state index in [-0.39, 0.29) is 17.0 Å². The van der Waals surface area contributed by atoms with Crippen molar-refractivity contribution >= 4 is 44.6 Å². The molecule has 3 aromatic rings. The largest absolute Gasteiger partial charge is 0.508 e. The highest BCUT2D eigenvalue weighted by atomic mass is 79.9. The molecule has 0 bridgehead atoms. The Labute approximate surface area is 150 Å². The van der Waals surface area contributed by atoms with Crippen LogP contribution in [0.1, 0.15) is 27.1 Å². The topological polar surface area (TPSA) is 53.7 Å². The second kappa shape index (κ2) is 5.04. The van der Waals surface area contributed by atoms with Crippen molar-refractivity contribution in [1.82, 2.24) is 4.90 Å². The summed E-state index contributed by atoms with van der Waals surface area (Å²) in [6.45, 7) is 0.653. The molecule has 0 saturated carbocycles. The number of benzene rings is 2. The van der Waals surface area contributed by atoms with Gasteiger partial charge in [-0.3, -0.25) is 4.79 Å². The smallest absolute Gasteiger partial charge is 0.256 e. The van der Waals surface area contributed by atoms with Crippen molar-refractivity contribution in [2.24, 2.45) is 0 Å². The van der Waals surface area contributed by atoms with Gasteiger partial charge in [0, 0.05) is 26.9 Å². The number of phenolic OH excluding ortho intramolecular Hbond substituents is 1. The summed E-state index contributed by atoms with van der Waals surface area (Å²) in [5.41, 5.74) is 2.60. The minimum Gasteiger partial charge on any atom is -0.508 e. The van der Waals surface area contributed by atoms with Gasteiger partial charge in [0.05, 0.1) is 5.56 Å². The summed E-state index contributed by atoms with van der Waals surface area (Å²) in [7, 11) is 0. The Bertz CT molecular complexity index is 1010. The molecule has 4 nitrogen and oxygen atoms in total. The summed E-state index contributed by atoms with van der Waals surface area (Å²) in [5, 5.41) is 10.6. The van der Waals surface area contributed by atoms with Crippen molar-refractivity contribution < 1.29 is 14.3 Å². The predicted octanol–water partition coefficient (Wildman–Crippen LogP) is 4.70. The molecule has 5 rings (SSSR count). The van der Waals surface area contributed by atoms with Crippen LogP contribution in [0.5, 0.6) is 5.75 Å². The molecule has 0 fully saturated rings. The molecule has 6 heteroatoms. The minimum atomic E-state index is -0.149. The Morgan fingerprint density at radius 3 is 3.00 bits per heavy atom. The molecule has 1 amide bonds. The van der Waals surface area contributed by atoms with Gasteiger partial charge >= 0.3 is 0 Å². The standard InChI is InChI=1S/C18H12BrNO3S/c19-9-1-4-15-13(7-9)17(22)20-6-5-11-12-8-10(21)2-3-14(12)23-16(11)18(20)24-15/h1-4,7-8,18,21H,5-6H2. The van der Waals surface area contributed by atoms with Crippen molar-refractivity contribution in [2.75, 3.05) is 6.54 Å². The van der Waals surface area contributed by atoms with Crippen LogP contribution < -0.4 is 0 Å². The summed E-state index contributed by atoms with van der Waals surface area (Å²) in [5.74, 6) is 1.11. The van der Waals surface area contributed by atoms with E-state index in [1.165, 1.54) is 0 Å². The highest BCUT2D eigenvalue weighted by molar-refractivity contribution is 9.10. The fourth-order valence-electron chi connectivity index (χ4n) is 3.48. The molecule has 0 radical (unpaired) electrons. The number of aromatic hydroxyl groups is 1. The summed E-state index contributed by atoms with van der Waals surface area (Å²) in [6, 6.07) is 11.0. The van der Waals surface area contributed by atoms with E-state index in [1.807, 2.05) is 23.1 Å². The molecule has 120 valence electrons. The number of hydrogen-bond acceptors (Lipinski definition) is 4. The Hall–Kier alpha value is -1.92. The third-order valence-electron chi connectivity index (χ3n) is 4.59. The first kappa shape index (κ1) is 14.4. The zero-order chi connectivity index (χ0) is 16.4. The lowest BCUT2D eigenvalue weighted by atomic mass is 10.0. The SMILES string of the molecule is O=C1c2cc(Br)ccc2SC2c3oc4ccc(O)cc4c3CCN12. The number of carbonyl (C=O) groups is 1. The fourth-order valence-corrected chi connectivity index (χ4v) is 5.12. The van der Waals surface area contributed by atoms with Gasteiger partial charge in [-0.05, 0) is 42.8 Å². The maximum atomic E-state index is 12.9. The number of hydrogen-bond donors (Lipinski definition) is 1. The summed E-state index contributed by atoms with van der Waals surface area (Å²) in [4.78, 5) is 15.7. The lowest BCUT2D eigenvalue weighted by Gasteiger charge is -2.38. The first-order chi connectivity index (χ1) is 11.6. The number of halogens is 1. The van der Waals surface area contributed by atoms with Crippen molar-refractivity contribution in [2.45, 2.75) is 16.7 Å². The Kier molecular flexibility index (Phi) is 3.03. The second-order valence-electron chi connectivity index (χ2n) is 5.98. The van der Waals surface area contributed by atoms with Crippen molar-refractivity contribution in [3.8, 4) is 5.75 Å². The number of rotatable bonds is 0. The maximum Gasteiger partial charge on any atom is 0.256 e. The summed E-state index contributed by atoms with van der Waals surface area (Å²) >= 11 is 5.08. The van der Waals surface area contributed by atoms with Crippen LogP contribution in [0.4, 0.5) is 0 Å². The molecule has 2 aromatic carbocycles. The van der Waals surface area contributed by atoms with Gasteiger partial charge < -0.3 is 14.4 Å². The molecular weight excluding hydrogens is 390 g/mol. The third kappa shape index (κ3) is 1.96. The van der Waals surface area contributed by atoms with Crippen LogP contribution in [0.15, 0.2) is 50.2 Å². The summed E-state index contributed by atoms with van der Waals surface area (Å²) < 4.78 is 6.97. The molecule has 1 aromatic heterocycles. The van der Waals surface area contributed by atoms with E-state index in [2.05, 4.69) is 15.9 Å². The van der Waals surface area contributed by atoms with E-state index >= 15 is 0 Å². The molecule has 1 atom stereocenters. The van der Waals surface area contributed by atoms with Crippen LogP contribution in [0.2, 0.25) is 0 Å². The van der Waals surface area contributed by atoms with E-state index in [4.69, 9.17) is 4.42 Å². The van der Waals surface area contributed by atoms with E-state index in [0.29, 0.717) is 6.54 Å². The third-order valence-corrected chi connectivity index (χ3v) is 6.38. The highest BCUT2D eigenvalue weighted by Gasteiger charge is 2.40. The molecule has 3 heterocycles. The maximum absolute atomic E-state index is 12.9. The minimum absolute atomic E-state index is 0.0454. The van der Waals surface area contributed by atoms with E-state index < -0.39 is 0 Å². The highest BCUT2D eigenvalue weighted by Crippen LogP contribution is 2.50. The van der Waals surface area contributed by atoms with Gasteiger partial charge in [0.25, 0.3) is 5.91 Å². The predicted molar refractivity (Wildman–Crippen MR) is 95.4 cm³/mol. The summed E-state index contributed by atoms with van der Waals surface area (Å²) in [6.07, 6.45) is 0.734. The van der Waals surface area contributed by atoms with E-state index in [1.54, 1.807) is 30.0 Å². The number of phenols is 1. The average Bonchev–Trinajstić information content (AvgIpc) is 2.94. The van der Waals surface area contributed by atoms with Crippen LogP contribution in [0.3, 0.4) is 0 Å². The lowest BCUT2D eigenvalue weighted by Crippen LogP contribution is -2.40. The van der Waals surface area contributed by atoms with E-state index in [9.17, 15) is 9.90 Å². The molecule has 0 spiro atoms. The van der Waals surface area contributed by atoms with Crippen LogP contribution in [0.25, 0.3) is 11.0 Å². The fraction of sp³-hybridized carbons (Fsp3) is 0.167. The molecule has 2 aliphatic rings. The Morgan fingerprint density at radius 1 is 1.25 bits per heavy atom. The first-order valence-electron chi connectivity index (χ1n) is 7.63. The van der Waals surface area contributed by atoms with Crippen LogP contribution in [-0.4, -0.2) is 22.5 Å². The van der Waals surface area contributed by atoms with Crippen LogP contribution in [-0.2, 0) is 6.42 Å². The molecule has 0 aliphatic carbocycles. The van der Waals surface area contributed by atoms with Gasteiger partial charge in [-0.2, -0.15) is 0 Å². The van der Waals surface area contributed by atoms with Gasteiger partial charge in [0.15, 0.2) is 0 Å². The number of nitrogens with zero attached hydrogens (tertiary/aromatic N) is 1. The Morgan fingerprint density at radius 2 is 2.12 bits per heavy atom. The normalized spacial score (nSPS) is 19.1. The van der Waals surface area contributed by atoms with Gasteiger partial charge in [-0.15, -0.1) is 0 Å². The number of furan rings is 1. The number of fused-ring (bicyclic) bond motifs is 6. The van der Waals surface area contributed by atoms with Crippen LogP contribution >= 0.6 is 27.7 Å².